The van der Waals surface area contributed by atoms with E-state index in [0.717, 1.165) is 0 Å². The smallest absolute Gasteiger partial charge is 0.337 e. The first kappa shape index (κ1) is 22.0. The molecular weight excluding hydrogens is 424 g/mol. The van der Waals surface area contributed by atoms with Gasteiger partial charge in [-0.3, -0.25) is 9.59 Å². The molecule has 160 valence electrons. The van der Waals surface area contributed by atoms with Gasteiger partial charge in [-0.1, -0.05) is 11.6 Å². The Kier molecular flexibility index (Phi) is 6.41. The Labute approximate surface area is 182 Å². The van der Waals surface area contributed by atoms with E-state index in [1.807, 2.05) is 6.92 Å². The number of aryl methyl sites for hydroxylation is 1. The third kappa shape index (κ3) is 4.44. The lowest BCUT2D eigenvalue weighted by atomic mass is 10.1. The summed E-state index contributed by atoms with van der Waals surface area (Å²) in [4.78, 5) is 49.8. The van der Waals surface area contributed by atoms with Gasteiger partial charge in [-0.25, -0.2) is 9.59 Å². The molecule has 9 heteroatoms. The molecule has 0 bridgehead atoms. The average Bonchev–Trinajstić information content (AvgIpc) is 2.78. The third-order valence-electron chi connectivity index (χ3n) is 4.66. The predicted octanol–water partition coefficient (Wildman–Crippen LogP) is 3.50. The van der Waals surface area contributed by atoms with Crippen molar-refractivity contribution in [1.82, 2.24) is 4.57 Å². The van der Waals surface area contributed by atoms with E-state index < -0.39 is 23.3 Å². The van der Waals surface area contributed by atoms with Gasteiger partial charge in [-0.15, -0.1) is 0 Å². The number of nitrogens with one attached hydrogen (secondary N) is 1. The molecule has 1 amide bonds. The van der Waals surface area contributed by atoms with Crippen LogP contribution < -0.4 is 10.7 Å². The summed E-state index contributed by atoms with van der Waals surface area (Å²) in [7, 11) is 2.39. The number of aromatic nitrogens is 1. The summed E-state index contributed by atoms with van der Waals surface area (Å²) in [6.07, 6.45) is 1.46. The molecule has 0 aliphatic rings. The Bertz CT molecular complexity index is 1230. The number of anilines is 1. The molecule has 3 rings (SSSR count). The van der Waals surface area contributed by atoms with Gasteiger partial charge in [0.15, 0.2) is 0 Å². The monoisotopic (exact) mass is 442 g/mol. The van der Waals surface area contributed by atoms with Crippen LogP contribution >= 0.6 is 11.6 Å². The fraction of sp³-hybridized carbons (Fsp3) is 0.182. The van der Waals surface area contributed by atoms with Gasteiger partial charge in [-0.2, -0.15) is 0 Å². The molecule has 1 heterocycles. The standard InChI is InChI=1S/C22H19ClN2O6/c1-4-25-11-17(19(26)16-10-14(23)5-6-18(16)25)20(27)24-15-8-12(21(28)30-2)7-13(9-15)22(29)31-3/h5-11H,4H2,1-3H3,(H,24,27). The Morgan fingerprint density at radius 2 is 1.61 bits per heavy atom. The molecule has 0 fully saturated rings. The molecule has 0 unspecified atom stereocenters. The summed E-state index contributed by atoms with van der Waals surface area (Å²) in [5.41, 5.74) is 0.252. The van der Waals surface area contributed by atoms with Crippen molar-refractivity contribution in [3.05, 3.63) is 74.5 Å². The van der Waals surface area contributed by atoms with Gasteiger partial charge in [0.25, 0.3) is 5.91 Å². The second kappa shape index (κ2) is 9.01. The minimum Gasteiger partial charge on any atom is -0.465 e. The fourth-order valence-electron chi connectivity index (χ4n) is 3.16. The number of esters is 2. The number of methoxy groups -OCH3 is 2. The number of nitrogens with zero attached hydrogens (tertiary/aromatic N) is 1. The molecule has 0 saturated carbocycles. The SMILES string of the molecule is CCn1cc(C(=O)Nc2cc(C(=O)OC)cc(C(=O)OC)c2)c(=O)c2cc(Cl)ccc21. The van der Waals surface area contributed by atoms with Gasteiger partial charge in [-0.05, 0) is 43.3 Å². The molecule has 2 aromatic carbocycles. The lowest BCUT2D eigenvalue weighted by Crippen LogP contribution is -2.24. The van der Waals surface area contributed by atoms with Crippen LogP contribution in [0.15, 0.2) is 47.4 Å². The lowest BCUT2D eigenvalue weighted by Gasteiger charge is -2.13. The molecule has 0 aliphatic heterocycles. The van der Waals surface area contributed by atoms with Crippen molar-refractivity contribution in [2.24, 2.45) is 0 Å². The van der Waals surface area contributed by atoms with E-state index >= 15 is 0 Å². The van der Waals surface area contributed by atoms with Crippen LogP contribution in [-0.4, -0.2) is 36.6 Å². The maximum absolute atomic E-state index is 12.9. The lowest BCUT2D eigenvalue weighted by molar-refractivity contribution is 0.0599. The van der Waals surface area contributed by atoms with Crippen LogP contribution in [0.4, 0.5) is 5.69 Å². The third-order valence-corrected chi connectivity index (χ3v) is 4.90. The zero-order valence-corrected chi connectivity index (χ0v) is 17.8. The highest BCUT2D eigenvalue weighted by molar-refractivity contribution is 6.31. The number of benzene rings is 2. The number of rotatable bonds is 5. The number of hydrogen-bond donors (Lipinski definition) is 1. The molecule has 0 aliphatic carbocycles. The van der Waals surface area contributed by atoms with Crippen LogP contribution in [-0.2, 0) is 16.0 Å². The van der Waals surface area contributed by atoms with E-state index in [2.05, 4.69) is 14.8 Å². The molecule has 0 atom stereocenters. The summed E-state index contributed by atoms with van der Waals surface area (Å²) < 4.78 is 11.1. The molecule has 0 saturated heterocycles. The highest BCUT2D eigenvalue weighted by atomic mass is 35.5. The number of carbonyl (C=O) groups excluding carboxylic acids is 3. The first-order chi connectivity index (χ1) is 14.8. The summed E-state index contributed by atoms with van der Waals surface area (Å²) in [5, 5.41) is 3.25. The molecule has 1 aromatic heterocycles. The van der Waals surface area contributed by atoms with E-state index in [-0.39, 0.29) is 22.4 Å². The molecule has 8 nitrogen and oxygen atoms in total. The van der Waals surface area contributed by atoms with Gasteiger partial charge in [0.2, 0.25) is 5.43 Å². The Morgan fingerprint density at radius 3 is 2.16 bits per heavy atom. The number of fused-ring (bicyclic) bond motifs is 1. The van der Waals surface area contributed by atoms with Gasteiger partial charge in [0, 0.05) is 28.8 Å². The number of pyridine rings is 1. The van der Waals surface area contributed by atoms with Crippen molar-refractivity contribution in [2.45, 2.75) is 13.5 Å². The largest absolute Gasteiger partial charge is 0.465 e. The average molecular weight is 443 g/mol. The fourth-order valence-corrected chi connectivity index (χ4v) is 3.33. The van der Waals surface area contributed by atoms with E-state index in [1.165, 1.54) is 44.7 Å². The molecule has 31 heavy (non-hydrogen) atoms. The number of amides is 1. The summed E-state index contributed by atoms with van der Waals surface area (Å²) in [6.45, 7) is 2.39. The predicted molar refractivity (Wildman–Crippen MR) is 116 cm³/mol. The normalized spacial score (nSPS) is 10.6. The molecule has 3 aromatic rings. The zero-order valence-electron chi connectivity index (χ0n) is 17.0. The van der Waals surface area contributed by atoms with E-state index in [4.69, 9.17) is 11.6 Å². The Hall–Kier alpha value is -3.65. The summed E-state index contributed by atoms with van der Waals surface area (Å²) >= 11 is 6.03. The molecule has 0 spiro atoms. The Balaban J connectivity index is 2.08. The van der Waals surface area contributed by atoms with Gasteiger partial charge < -0.3 is 19.4 Å². The van der Waals surface area contributed by atoms with Crippen molar-refractivity contribution in [3.8, 4) is 0 Å². The van der Waals surface area contributed by atoms with Gasteiger partial charge >= 0.3 is 11.9 Å². The van der Waals surface area contributed by atoms with E-state index in [9.17, 15) is 19.2 Å². The van der Waals surface area contributed by atoms with Crippen molar-refractivity contribution < 1.29 is 23.9 Å². The topological polar surface area (TPSA) is 104 Å². The van der Waals surface area contributed by atoms with Crippen LogP contribution in [0.25, 0.3) is 10.9 Å². The second-order valence-corrected chi connectivity index (χ2v) is 6.99. The summed E-state index contributed by atoms with van der Waals surface area (Å²) in [6, 6.07) is 8.86. The van der Waals surface area contributed by atoms with Crippen LogP contribution in [0.1, 0.15) is 38.0 Å². The van der Waals surface area contributed by atoms with Crippen molar-refractivity contribution in [2.75, 3.05) is 19.5 Å². The summed E-state index contributed by atoms with van der Waals surface area (Å²) in [5.74, 6) is -2.10. The van der Waals surface area contributed by atoms with Crippen molar-refractivity contribution >= 4 is 46.0 Å². The van der Waals surface area contributed by atoms with Crippen LogP contribution in [0.5, 0.6) is 0 Å². The minimum atomic E-state index is -0.702. The van der Waals surface area contributed by atoms with E-state index in [1.54, 1.807) is 16.7 Å². The second-order valence-electron chi connectivity index (χ2n) is 6.56. The maximum atomic E-state index is 12.9. The highest BCUT2D eigenvalue weighted by Crippen LogP contribution is 2.20. The van der Waals surface area contributed by atoms with Crippen LogP contribution in [0.2, 0.25) is 5.02 Å². The first-order valence-electron chi connectivity index (χ1n) is 9.24. The molecular formula is C22H19ClN2O6. The van der Waals surface area contributed by atoms with Crippen LogP contribution in [0.3, 0.4) is 0 Å². The number of carbonyl (C=O) groups is 3. The van der Waals surface area contributed by atoms with E-state index in [0.29, 0.717) is 22.5 Å². The molecule has 1 N–H and O–H groups in total. The number of hydrogen-bond acceptors (Lipinski definition) is 6. The maximum Gasteiger partial charge on any atom is 0.337 e. The molecule has 0 radical (unpaired) electrons. The van der Waals surface area contributed by atoms with Crippen LogP contribution in [0, 0.1) is 0 Å². The quantitative estimate of drug-likeness (QED) is 0.606. The van der Waals surface area contributed by atoms with Gasteiger partial charge in [0.1, 0.15) is 5.56 Å². The van der Waals surface area contributed by atoms with Crippen molar-refractivity contribution in [3.63, 3.8) is 0 Å². The number of ether oxygens (including phenoxy) is 2. The minimum absolute atomic E-state index is 0.0389. The number of halogens is 1. The first-order valence-corrected chi connectivity index (χ1v) is 9.62. The Morgan fingerprint density at radius 1 is 1.00 bits per heavy atom. The van der Waals surface area contributed by atoms with Crippen molar-refractivity contribution in [1.29, 1.82) is 0 Å². The van der Waals surface area contributed by atoms with Gasteiger partial charge in [0.05, 0.1) is 30.9 Å². The highest BCUT2D eigenvalue weighted by Gasteiger charge is 2.19. The zero-order chi connectivity index (χ0) is 22.7.